The highest BCUT2D eigenvalue weighted by Gasteiger charge is 2.23. The number of nitrogens with two attached hydrogens (primary N) is 1. The Labute approximate surface area is 90.8 Å². The summed E-state index contributed by atoms with van der Waals surface area (Å²) in [5.41, 5.74) is 5.57. The summed E-state index contributed by atoms with van der Waals surface area (Å²) >= 11 is 1.34. The van der Waals surface area contributed by atoms with Crippen LogP contribution in [0.1, 0.15) is 6.92 Å². The first kappa shape index (κ1) is 10.4. The third-order valence-electron chi connectivity index (χ3n) is 1.83. The second kappa shape index (κ2) is 3.47. The minimum Gasteiger partial charge on any atom is -0.381 e. The van der Waals surface area contributed by atoms with Crippen molar-refractivity contribution in [2.75, 3.05) is 12.3 Å². The summed E-state index contributed by atoms with van der Waals surface area (Å²) in [6.45, 7) is 2.03. The van der Waals surface area contributed by atoms with Gasteiger partial charge in [-0.15, -0.1) is 11.3 Å². The lowest BCUT2D eigenvalue weighted by Crippen LogP contribution is -2.25. The molecule has 6 nitrogen and oxygen atoms in total. The van der Waals surface area contributed by atoms with Gasteiger partial charge in [-0.25, -0.2) is 18.1 Å². The van der Waals surface area contributed by atoms with Crippen LogP contribution in [0.25, 0.3) is 4.96 Å². The minimum absolute atomic E-state index is 0.0144. The first-order chi connectivity index (χ1) is 7.06. The van der Waals surface area contributed by atoms with Crippen LogP contribution in [-0.4, -0.2) is 24.3 Å². The Morgan fingerprint density at radius 3 is 3.07 bits per heavy atom. The van der Waals surface area contributed by atoms with Crippen LogP contribution in [-0.2, 0) is 10.0 Å². The van der Waals surface area contributed by atoms with Gasteiger partial charge in [0.2, 0.25) is 0 Å². The predicted molar refractivity (Wildman–Crippen MR) is 58.3 cm³/mol. The van der Waals surface area contributed by atoms with Gasteiger partial charge < -0.3 is 5.73 Å². The Balaban J connectivity index is 2.69. The summed E-state index contributed by atoms with van der Waals surface area (Å²) in [6, 6.07) is 0. The molecule has 0 saturated heterocycles. The Hall–Kier alpha value is -1.12. The van der Waals surface area contributed by atoms with E-state index in [0.29, 0.717) is 11.5 Å². The number of nitrogen functional groups attached to an aromatic ring is 1. The largest absolute Gasteiger partial charge is 0.381 e. The van der Waals surface area contributed by atoms with Crippen LogP contribution in [0.4, 0.5) is 5.82 Å². The van der Waals surface area contributed by atoms with Gasteiger partial charge in [-0.05, 0) is 0 Å². The highest BCUT2D eigenvalue weighted by atomic mass is 32.2. The SMILES string of the molecule is CCNS(=O)(=O)c1c(N)nc2sccn12. The molecular formula is C7H10N4O2S2. The van der Waals surface area contributed by atoms with Gasteiger partial charge in [0.05, 0.1) is 0 Å². The van der Waals surface area contributed by atoms with Gasteiger partial charge in [0.25, 0.3) is 10.0 Å². The number of fused-ring (bicyclic) bond motifs is 1. The van der Waals surface area contributed by atoms with Crippen LogP contribution >= 0.6 is 11.3 Å². The van der Waals surface area contributed by atoms with Gasteiger partial charge in [0, 0.05) is 18.1 Å². The van der Waals surface area contributed by atoms with E-state index in [-0.39, 0.29) is 10.8 Å². The number of hydrogen-bond acceptors (Lipinski definition) is 5. The number of anilines is 1. The molecule has 0 radical (unpaired) electrons. The Morgan fingerprint density at radius 2 is 2.40 bits per heavy atom. The molecule has 15 heavy (non-hydrogen) atoms. The van der Waals surface area contributed by atoms with E-state index in [4.69, 9.17) is 5.73 Å². The molecule has 0 atom stereocenters. The van der Waals surface area contributed by atoms with Crippen LogP contribution in [0.15, 0.2) is 16.6 Å². The smallest absolute Gasteiger partial charge is 0.260 e. The van der Waals surface area contributed by atoms with Crippen molar-refractivity contribution in [2.45, 2.75) is 11.9 Å². The van der Waals surface area contributed by atoms with E-state index < -0.39 is 10.0 Å². The van der Waals surface area contributed by atoms with Crippen LogP contribution in [0.3, 0.4) is 0 Å². The fourth-order valence-corrected chi connectivity index (χ4v) is 3.33. The lowest BCUT2D eigenvalue weighted by molar-refractivity contribution is 0.579. The van der Waals surface area contributed by atoms with E-state index in [1.165, 1.54) is 15.7 Å². The van der Waals surface area contributed by atoms with Gasteiger partial charge >= 0.3 is 0 Å². The monoisotopic (exact) mass is 246 g/mol. The lowest BCUT2D eigenvalue weighted by atomic mass is 10.8. The molecule has 8 heteroatoms. The molecule has 0 spiro atoms. The highest BCUT2D eigenvalue weighted by Crippen LogP contribution is 2.22. The van der Waals surface area contributed by atoms with Crippen molar-refractivity contribution >= 4 is 32.1 Å². The second-order valence-electron chi connectivity index (χ2n) is 2.86. The maximum absolute atomic E-state index is 11.8. The van der Waals surface area contributed by atoms with Crippen LogP contribution < -0.4 is 10.5 Å². The topological polar surface area (TPSA) is 89.5 Å². The fourth-order valence-electron chi connectivity index (χ4n) is 1.31. The molecule has 0 aromatic carbocycles. The molecule has 0 aliphatic carbocycles. The van der Waals surface area contributed by atoms with Gasteiger partial charge in [-0.1, -0.05) is 6.92 Å². The molecule has 0 unspecified atom stereocenters. The standard InChI is InChI=1S/C7H10N4O2S2/c1-2-9-15(12,13)6-5(8)10-7-11(6)3-4-14-7/h3-4,9H,2,8H2,1H3. The van der Waals surface area contributed by atoms with Gasteiger partial charge in [0.1, 0.15) is 0 Å². The molecule has 0 aliphatic rings. The summed E-state index contributed by atoms with van der Waals surface area (Å²) in [5, 5.41) is 1.77. The molecule has 2 aromatic rings. The lowest BCUT2D eigenvalue weighted by Gasteiger charge is -2.03. The van der Waals surface area contributed by atoms with E-state index in [2.05, 4.69) is 9.71 Å². The summed E-state index contributed by atoms with van der Waals surface area (Å²) in [4.78, 5) is 4.53. The molecule has 2 aromatic heterocycles. The summed E-state index contributed by atoms with van der Waals surface area (Å²) in [7, 11) is -3.56. The Kier molecular flexibility index (Phi) is 2.41. The molecule has 0 fully saturated rings. The molecule has 2 rings (SSSR count). The normalized spacial score (nSPS) is 12.3. The number of nitrogens with zero attached hydrogens (tertiary/aromatic N) is 2. The van der Waals surface area contributed by atoms with E-state index in [1.807, 2.05) is 0 Å². The zero-order valence-electron chi connectivity index (χ0n) is 7.97. The number of thiazole rings is 1. The number of aromatic nitrogens is 2. The van der Waals surface area contributed by atoms with Gasteiger partial charge in [-0.2, -0.15) is 0 Å². The van der Waals surface area contributed by atoms with Crippen molar-refractivity contribution in [3.63, 3.8) is 0 Å². The van der Waals surface area contributed by atoms with Crippen molar-refractivity contribution in [1.82, 2.24) is 14.1 Å². The first-order valence-electron chi connectivity index (χ1n) is 4.27. The van der Waals surface area contributed by atoms with Gasteiger partial charge in [0.15, 0.2) is 15.8 Å². The maximum atomic E-state index is 11.8. The molecule has 3 N–H and O–H groups in total. The average Bonchev–Trinajstić information content (AvgIpc) is 2.61. The van der Waals surface area contributed by atoms with Crippen LogP contribution in [0.5, 0.6) is 0 Å². The predicted octanol–water partition coefficient (Wildman–Crippen LogP) is 0.276. The summed E-state index contributed by atoms with van der Waals surface area (Å²) in [5.74, 6) is 0.0304. The zero-order chi connectivity index (χ0) is 11.1. The molecule has 0 saturated carbocycles. The quantitative estimate of drug-likeness (QED) is 0.813. The third-order valence-corrected chi connectivity index (χ3v) is 4.17. The van der Waals surface area contributed by atoms with E-state index in [0.717, 1.165) is 0 Å². The van der Waals surface area contributed by atoms with E-state index >= 15 is 0 Å². The van der Waals surface area contributed by atoms with Gasteiger partial charge in [-0.3, -0.25) is 4.40 Å². The number of sulfonamides is 1. The van der Waals surface area contributed by atoms with Crippen LogP contribution in [0.2, 0.25) is 0 Å². The van der Waals surface area contributed by atoms with Crippen molar-refractivity contribution < 1.29 is 8.42 Å². The van der Waals surface area contributed by atoms with Crippen molar-refractivity contribution in [1.29, 1.82) is 0 Å². The molecule has 82 valence electrons. The molecule has 2 heterocycles. The zero-order valence-corrected chi connectivity index (χ0v) is 9.60. The number of nitrogens with one attached hydrogen (secondary N) is 1. The second-order valence-corrected chi connectivity index (χ2v) is 5.41. The highest BCUT2D eigenvalue weighted by molar-refractivity contribution is 7.89. The number of imidazole rings is 1. The van der Waals surface area contributed by atoms with E-state index in [1.54, 1.807) is 18.5 Å². The van der Waals surface area contributed by atoms with E-state index in [9.17, 15) is 8.42 Å². The molecule has 0 bridgehead atoms. The van der Waals surface area contributed by atoms with Crippen molar-refractivity contribution in [3.8, 4) is 0 Å². The van der Waals surface area contributed by atoms with Crippen LogP contribution in [0, 0.1) is 0 Å². The maximum Gasteiger partial charge on any atom is 0.260 e. The van der Waals surface area contributed by atoms with Crippen molar-refractivity contribution in [3.05, 3.63) is 11.6 Å². The third kappa shape index (κ3) is 1.60. The molecule has 0 amide bonds. The first-order valence-corrected chi connectivity index (χ1v) is 6.63. The summed E-state index contributed by atoms with van der Waals surface area (Å²) < 4.78 is 27.4. The van der Waals surface area contributed by atoms with Crippen molar-refractivity contribution in [2.24, 2.45) is 0 Å². The number of rotatable bonds is 3. The average molecular weight is 246 g/mol. The Bertz CT molecular complexity index is 583. The number of hydrogen-bond donors (Lipinski definition) is 2. The fraction of sp³-hybridized carbons (Fsp3) is 0.286. The molecule has 0 aliphatic heterocycles. The Morgan fingerprint density at radius 1 is 1.67 bits per heavy atom. The minimum atomic E-state index is -3.56. The molecular weight excluding hydrogens is 236 g/mol. The summed E-state index contributed by atoms with van der Waals surface area (Å²) in [6.07, 6.45) is 1.63.